The fourth-order valence-electron chi connectivity index (χ4n) is 8.02. The molecule has 7 rings (SSSR count). The summed E-state index contributed by atoms with van der Waals surface area (Å²) in [6.45, 7) is 14.2. The number of rotatable bonds is 8. The van der Waals surface area contributed by atoms with Crippen molar-refractivity contribution in [3.8, 4) is 11.1 Å². The predicted octanol–water partition coefficient (Wildman–Crippen LogP) is 11.8. The lowest BCUT2D eigenvalue weighted by Gasteiger charge is -2.41. The quantitative estimate of drug-likeness (QED) is 0.168. The van der Waals surface area contributed by atoms with Gasteiger partial charge in [0.25, 0.3) is 0 Å². The van der Waals surface area contributed by atoms with Crippen LogP contribution in [0.5, 0.6) is 0 Å². The Morgan fingerprint density at radius 1 is 0.489 bits per heavy atom. The Balaban J connectivity index is 1.25. The lowest BCUT2D eigenvalue weighted by Crippen LogP contribution is -2.41. The van der Waals surface area contributed by atoms with Gasteiger partial charge in [-0.1, -0.05) is 125 Å². The second-order valence-corrected chi connectivity index (χ2v) is 14.6. The molecule has 6 aromatic carbocycles. The van der Waals surface area contributed by atoms with Gasteiger partial charge in [-0.25, -0.2) is 0 Å². The van der Waals surface area contributed by atoms with Crippen LogP contribution in [-0.2, 0) is 16.5 Å². The van der Waals surface area contributed by atoms with Crippen LogP contribution in [0.4, 0.5) is 11.4 Å². The summed E-state index contributed by atoms with van der Waals surface area (Å²) >= 11 is 0. The summed E-state index contributed by atoms with van der Waals surface area (Å²) in [6, 6.07) is 45.5. The second kappa shape index (κ2) is 11.3. The molecule has 0 spiro atoms. The molecule has 2 nitrogen and oxygen atoms in total. The summed E-state index contributed by atoms with van der Waals surface area (Å²) in [5, 5.41) is 5.12. The molecule has 2 atom stereocenters. The third-order valence-electron chi connectivity index (χ3n) is 12.0. The van der Waals surface area contributed by atoms with Gasteiger partial charge in [-0.2, -0.15) is 0 Å². The summed E-state index contributed by atoms with van der Waals surface area (Å²) < 4.78 is 0. The van der Waals surface area contributed by atoms with Crippen LogP contribution in [0.25, 0.3) is 32.7 Å². The van der Waals surface area contributed by atoms with Gasteiger partial charge >= 0.3 is 0 Å². The standard InChI is InChI=1S/C45H48N2/c1-9-44(5,46(7)37-23-19-31-15-11-13-17-33(31)27-37)35-21-25-39-40-26-22-36(30-42(40)43(3,4)41(39)29-35)45(6,10-2)47(8)38-24-20-32-16-12-14-18-34(32)28-38/h11-30H,9-10H2,1-8H3. The SMILES string of the molecule is CCC(C)(c1ccc2c(c1)C(C)(C)c1cc(C(C)(CC)N(C)c3ccc4ccccc4c3)ccc1-2)N(C)c1ccc2ccccc2c1. The average molecular weight is 617 g/mol. The Morgan fingerprint density at radius 2 is 0.872 bits per heavy atom. The number of anilines is 2. The van der Waals surface area contributed by atoms with Crippen molar-refractivity contribution in [2.45, 2.75) is 70.9 Å². The average Bonchev–Trinajstić information content (AvgIpc) is 3.34. The summed E-state index contributed by atoms with van der Waals surface area (Å²) in [6.07, 6.45) is 2.01. The van der Waals surface area contributed by atoms with E-state index < -0.39 is 0 Å². The van der Waals surface area contributed by atoms with E-state index in [1.54, 1.807) is 0 Å². The van der Waals surface area contributed by atoms with Gasteiger partial charge in [0.15, 0.2) is 0 Å². The van der Waals surface area contributed by atoms with Crippen LogP contribution in [-0.4, -0.2) is 14.1 Å². The van der Waals surface area contributed by atoms with E-state index in [9.17, 15) is 0 Å². The van der Waals surface area contributed by atoms with Crippen molar-refractivity contribution in [3.63, 3.8) is 0 Å². The Labute approximate surface area is 281 Å². The maximum Gasteiger partial charge on any atom is 0.0619 e. The minimum atomic E-state index is -0.156. The highest BCUT2D eigenvalue weighted by Crippen LogP contribution is 2.52. The largest absolute Gasteiger partial charge is 0.365 e. The van der Waals surface area contributed by atoms with Crippen molar-refractivity contribution < 1.29 is 0 Å². The molecule has 0 heterocycles. The number of hydrogen-bond donors (Lipinski definition) is 0. The van der Waals surface area contributed by atoms with Gasteiger partial charge in [-0.3, -0.25) is 0 Å². The molecular weight excluding hydrogens is 569 g/mol. The lowest BCUT2D eigenvalue weighted by molar-refractivity contribution is 0.444. The first kappa shape index (κ1) is 31.1. The van der Waals surface area contributed by atoms with Gasteiger partial charge in [0.05, 0.1) is 11.1 Å². The molecule has 0 fully saturated rings. The van der Waals surface area contributed by atoms with Crippen LogP contribution >= 0.6 is 0 Å². The molecule has 0 saturated carbocycles. The van der Waals surface area contributed by atoms with Crippen LogP contribution < -0.4 is 9.80 Å². The molecule has 0 radical (unpaired) electrons. The van der Waals surface area contributed by atoms with Crippen molar-refractivity contribution in [1.29, 1.82) is 0 Å². The van der Waals surface area contributed by atoms with E-state index in [-0.39, 0.29) is 16.5 Å². The van der Waals surface area contributed by atoms with Crippen LogP contribution in [0, 0.1) is 0 Å². The van der Waals surface area contributed by atoms with E-state index in [0.29, 0.717) is 0 Å². The third-order valence-corrected chi connectivity index (χ3v) is 12.0. The Bertz CT molecular complexity index is 1970. The second-order valence-electron chi connectivity index (χ2n) is 14.6. The summed E-state index contributed by atoms with van der Waals surface area (Å²) in [5.74, 6) is 0. The van der Waals surface area contributed by atoms with Crippen LogP contribution in [0.2, 0.25) is 0 Å². The van der Waals surface area contributed by atoms with E-state index in [1.165, 1.54) is 66.3 Å². The minimum Gasteiger partial charge on any atom is -0.365 e. The Morgan fingerprint density at radius 3 is 1.26 bits per heavy atom. The number of nitrogens with zero attached hydrogens (tertiary/aromatic N) is 2. The van der Waals surface area contributed by atoms with Crippen LogP contribution in [0.1, 0.15) is 76.6 Å². The topological polar surface area (TPSA) is 6.48 Å². The molecule has 0 aliphatic heterocycles. The van der Waals surface area contributed by atoms with E-state index >= 15 is 0 Å². The molecule has 47 heavy (non-hydrogen) atoms. The zero-order valence-corrected chi connectivity index (χ0v) is 29.4. The molecule has 1 aliphatic carbocycles. The molecule has 2 unspecified atom stereocenters. The molecule has 0 saturated heterocycles. The maximum atomic E-state index is 2.51. The molecule has 0 aromatic heterocycles. The third kappa shape index (κ3) is 4.84. The molecule has 1 aliphatic rings. The first-order chi connectivity index (χ1) is 22.5. The minimum absolute atomic E-state index is 0.108. The van der Waals surface area contributed by atoms with E-state index in [4.69, 9.17) is 0 Å². The molecule has 238 valence electrons. The molecule has 0 bridgehead atoms. The Kier molecular flexibility index (Phi) is 7.47. The van der Waals surface area contributed by atoms with Gasteiger partial charge in [0, 0.05) is 30.9 Å². The van der Waals surface area contributed by atoms with Gasteiger partial charge < -0.3 is 9.80 Å². The van der Waals surface area contributed by atoms with Crippen molar-refractivity contribution in [1.82, 2.24) is 0 Å². The summed E-state index contributed by atoms with van der Waals surface area (Å²) in [4.78, 5) is 4.95. The highest BCUT2D eigenvalue weighted by Gasteiger charge is 2.40. The Hall–Kier alpha value is -4.56. The fraction of sp³-hybridized carbons (Fsp3) is 0.289. The number of hydrogen-bond acceptors (Lipinski definition) is 2. The van der Waals surface area contributed by atoms with Gasteiger partial charge in [-0.15, -0.1) is 0 Å². The lowest BCUT2D eigenvalue weighted by atomic mass is 9.77. The zero-order valence-electron chi connectivity index (χ0n) is 29.4. The number of benzene rings is 6. The van der Waals surface area contributed by atoms with Crippen LogP contribution in [0.15, 0.2) is 121 Å². The van der Waals surface area contributed by atoms with Crippen molar-refractivity contribution >= 4 is 32.9 Å². The van der Waals surface area contributed by atoms with Crippen molar-refractivity contribution in [2.24, 2.45) is 0 Å². The first-order valence-electron chi connectivity index (χ1n) is 17.3. The highest BCUT2D eigenvalue weighted by molar-refractivity contribution is 5.87. The molecule has 0 amide bonds. The van der Waals surface area contributed by atoms with E-state index in [1.807, 2.05) is 0 Å². The monoisotopic (exact) mass is 616 g/mol. The molecule has 6 aromatic rings. The summed E-state index contributed by atoms with van der Waals surface area (Å²) in [7, 11) is 4.51. The maximum absolute atomic E-state index is 2.51. The number of fused-ring (bicyclic) bond motifs is 5. The van der Waals surface area contributed by atoms with Crippen molar-refractivity contribution in [3.05, 3.63) is 144 Å². The zero-order chi connectivity index (χ0) is 33.1. The predicted molar refractivity (Wildman–Crippen MR) is 204 cm³/mol. The van der Waals surface area contributed by atoms with Gasteiger partial charge in [0.1, 0.15) is 0 Å². The normalized spacial score (nSPS) is 15.9. The van der Waals surface area contributed by atoms with Gasteiger partial charge in [0.2, 0.25) is 0 Å². The molecule has 0 N–H and O–H groups in total. The smallest absolute Gasteiger partial charge is 0.0619 e. The summed E-state index contributed by atoms with van der Waals surface area (Å²) in [5.41, 5.74) is 10.4. The van der Waals surface area contributed by atoms with Gasteiger partial charge in [-0.05, 0) is 106 Å². The molecular formula is C45H48N2. The van der Waals surface area contributed by atoms with Crippen molar-refractivity contribution in [2.75, 3.05) is 23.9 Å². The first-order valence-corrected chi connectivity index (χ1v) is 17.3. The van der Waals surface area contributed by atoms with E-state index in [2.05, 4.69) is 187 Å². The fourth-order valence-corrected chi connectivity index (χ4v) is 8.02. The van der Waals surface area contributed by atoms with Crippen LogP contribution in [0.3, 0.4) is 0 Å². The highest BCUT2D eigenvalue weighted by atomic mass is 15.2. The molecule has 2 heteroatoms. The van der Waals surface area contributed by atoms with E-state index in [0.717, 1.165) is 12.8 Å².